The molecule has 1 aromatic carbocycles. The predicted molar refractivity (Wildman–Crippen MR) is 63.9 cm³/mol. The maximum Gasteiger partial charge on any atom is 0.204 e. The minimum Gasteiger partial charge on any atom is -0.348 e. The van der Waals surface area contributed by atoms with Crippen LogP contribution >= 0.6 is 12.2 Å². The summed E-state index contributed by atoms with van der Waals surface area (Å²) < 4.78 is 2.26. The SMILES string of the molecule is CN(C)C(=N)n1c(=S)[nH]c2ccccc21. The lowest BCUT2D eigenvalue weighted by Gasteiger charge is -2.14. The van der Waals surface area contributed by atoms with Gasteiger partial charge in [-0.1, -0.05) is 12.1 Å². The Balaban J connectivity index is 2.75. The molecule has 0 unspecified atom stereocenters. The number of benzene rings is 1. The van der Waals surface area contributed by atoms with E-state index in [2.05, 4.69) is 4.98 Å². The molecule has 2 rings (SSSR count). The molecule has 4 nitrogen and oxygen atoms in total. The van der Waals surface area contributed by atoms with Crippen LogP contribution < -0.4 is 0 Å². The topological polar surface area (TPSA) is 47.8 Å². The van der Waals surface area contributed by atoms with Gasteiger partial charge in [0.25, 0.3) is 0 Å². The van der Waals surface area contributed by atoms with Gasteiger partial charge in [0.15, 0.2) is 4.77 Å². The lowest BCUT2D eigenvalue weighted by molar-refractivity contribution is 0.591. The van der Waals surface area contributed by atoms with Gasteiger partial charge in [0.2, 0.25) is 5.96 Å². The highest BCUT2D eigenvalue weighted by Crippen LogP contribution is 2.13. The normalized spacial score (nSPS) is 10.5. The van der Waals surface area contributed by atoms with Gasteiger partial charge in [-0.25, -0.2) is 0 Å². The summed E-state index contributed by atoms with van der Waals surface area (Å²) in [6.07, 6.45) is 0. The largest absolute Gasteiger partial charge is 0.348 e. The van der Waals surface area contributed by atoms with Gasteiger partial charge in [0.05, 0.1) is 11.0 Å². The number of H-pyrrole nitrogens is 1. The van der Waals surface area contributed by atoms with Crippen molar-refractivity contribution < 1.29 is 0 Å². The van der Waals surface area contributed by atoms with Crippen LogP contribution in [0.2, 0.25) is 0 Å². The van der Waals surface area contributed by atoms with E-state index in [0.29, 0.717) is 10.7 Å². The van der Waals surface area contributed by atoms with E-state index in [0.717, 1.165) is 11.0 Å². The zero-order valence-electron chi connectivity index (χ0n) is 8.61. The Kier molecular flexibility index (Phi) is 2.32. The average Bonchev–Trinajstić information content (AvgIpc) is 2.52. The van der Waals surface area contributed by atoms with Crippen LogP contribution in [-0.2, 0) is 0 Å². The van der Waals surface area contributed by atoms with Crippen molar-refractivity contribution in [3.8, 4) is 0 Å². The molecule has 0 atom stereocenters. The van der Waals surface area contributed by atoms with Crippen molar-refractivity contribution in [2.24, 2.45) is 0 Å². The molecule has 78 valence electrons. The van der Waals surface area contributed by atoms with E-state index in [1.54, 1.807) is 9.47 Å². The molecule has 2 aromatic rings. The number of fused-ring (bicyclic) bond motifs is 1. The number of imidazole rings is 1. The Morgan fingerprint density at radius 3 is 2.73 bits per heavy atom. The van der Waals surface area contributed by atoms with Crippen LogP contribution in [0.4, 0.5) is 0 Å². The highest BCUT2D eigenvalue weighted by Gasteiger charge is 2.09. The molecule has 1 aromatic heterocycles. The van der Waals surface area contributed by atoms with E-state index in [-0.39, 0.29) is 0 Å². The third kappa shape index (κ3) is 1.55. The molecule has 0 bridgehead atoms. The van der Waals surface area contributed by atoms with Crippen LogP contribution in [0.3, 0.4) is 0 Å². The predicted octanol–water partition coefficient (Wildman–Crippen LogP) is 2.04. The number of para-hydroxylation sites is 2. The fourth-order valence-electron chi connectivity index (χ4n) is 1.47. The monoisotopic (exact) mass is 220 g/mol. The van der Waals surface area contributed by atoms with Crippen molar-refractivity contribution >= 4 is 29.2 Å². The summed E-state index contributed by atoms with van der Waals surface area (Å²) in [5.41, 5.74) is 1.88. The first-order chi connectivity index (χ1) is 7.11. The van der Waals surface area contributed by atoms with E-state index in [1.165, 1.54) is 0 Å². The van der Waals surface area contributed by atoms with Gasteiger partial charge in [-0.3, -0.25) is 9.98 Å². The van der Waals surface area contributed by atoms with Crippen LogP contribution in [-0.4, -0.2) is 34.5 Å². The summed E-state index contributed by atoms with van der Waals surface area (Å²) in [6.45, 7) is 0. The molecule has 15 heavy (non-hydrogen) atoms. The van der Waals surface area contributed by atoms with Crippen molar-refractivity contribution in [2.75, 3.05) is 14.1 Å². The molecule has 0 aliphatic rings. The molecular formula is C10H12N4S. The molecule has 0 amide bonds. The molecule has 0 radical (unpaired) electrons. The van der Waals surface area contributed by atoms with Crippen molar-refractivity contribution in [3.05, 3.63) is 29.0 Å². The summed E-state index contributed by atoms with van der Waals surface area (Å²) in [5, 5.41) is 7.93. The van der Waals surface area contributed by atoms with E-state index in [9.17, 15) is 0 Å². The van der Waals surface area contributed by atoms with Crippen LogP contribution in [0.25, 0.3) is 11.0 Å². The van der Waals surface area contributed by atoms with Crippen molar-refractivity contribution in [1.29, 1.82) is 5.41 Å². The van der Waals surface area contributed by atoms with Gasteiger partial charge in [-0.15, -0.1) is 0 Å². The number of rotatable bonds is 0. The zero-order valence-corrected chi connectivity index (χ0v) is 9.43. The summed E-state index contributed by atoms with van der Waals surface area (Å²) in [4.78, 5) is 4.79. The number of aromatic nitrogens is 2. The van der Waals surface area contributed by atoms with Gasteiger partial charge < -0.3 is 9.88 Å². The Hall–Kier alpha value is -1.62. The molecular weight excluding hydrogens is 208 g/mol. The van der Waals surface area contributed by atoms with Crippen molar-refractivity contribution in [1.82, 2.24) is 14.5 Å². The van der Waals surface area contributed by atoms with E-state index >= 15 is 0 Å². The number of hydrogen-bond donors (Lipinski definition) is 2. The van der Waals surface area contributed by atoms with Crippen LogP contribution in [0.5, 0.6) is 0 Å². The average molecular weight is 220 g/mol. The van der Waals surface area contributed by atoms with Crippen molar-refractivity contribution in [2.45, 2.75) is 0 Å². The standard InChI is InChI=1S/C10H12N4S/c1-13(2)9(11)14-8-6-4-3-5-7(8)12-10(14)15/h3-6,11H,1-2H3,(H,12,15). The van der Waals surface area contributed by atoms with Crippen LogP contribution in [0.1, 0.15) is 0 Å². The van der Waals surface area contributed by atoms with Gasteiger partial charge in [0, 0.05) is 14.1 Å². The number of nitrogens with one attached hydrogen (secondary N) is 2. The van der Waals surface area contributed by atoms with E-state index in [4.69, 9.17) is 17.6 Å². The first-order valence-electron chi connectivity index (χ1n) is 4.57. The summed E-state index contributed by atoms with van der Waals surface area (Å²) in [5.74, 6) is 0.359. The van der Waals surface area contributed by atoms with Gasteiger partial charge in [-0.2, -0.15) is 0 Å². The first-order valence-corrected chi connectivity index (χ1v) is 4.98. The molecule has 0 aliphatic carbocycles. The smallest absolute Gasteiger partial charge is 0.204 e. The Morgan fingerprint density at radius 2 is 2.07 bits per heavy atom. The van der Waals surface area contributed by atoms with E-state index in [1.807, 2.05) is 38.4 Å². The highest BCUT2D eigenvalue weighted by atomic mass is 32.1. The summed E-state index contributed by atoms with van der Waals surface area (Å²) in [7, 11) is 3.65. The van der Waals surface area contributed by atoms with Crippen molar-refractivity contribution in [3.63, 3.8) is 0 Å². The second-order valence-electron chi connectivity index (χ2n) is 3.50. The number of hydrogen-bond acceptors (Lipinski definition) is 2. The van der Waals surface area contributed by atoms with Crippen LogP contribution in [0, 0.1) is 10.2 Å². The van der Waals surface area contributed by atoms with Gasteiger partial charge >= 0.3 is 0 Å². The minimum absolute atomic E-state index is 0.359. The van der Waals surface area contributed by atoms with Crippen LogP contribution in [0.15, 0.2) is 24.3 Å². The molecule has 0 spiro atoms. The molecule has 0 aliphatic heterocycles. The number of aromatic amines is 1. The molecule has 0 saturated heterocycles. The zero-order chi connectivity index (χ0) is 11.0. The quantitative estimate of drug-likeness (QED) is 0.405. The molecule has 2 N–H and O–H groups in total. The Bertz CT molecular complexity index is 564. The third-order valence-corrected chi connectivity index (χ3v) is 2.51. The lowest BCUT2D eigenvalue weighted by Crippen LogP contribution is -2.28. The minimum atomic E-state index is 0.359. The fraction of sp³-hybridized carbons (Fsp3) is 0.200. The second-order valence-corrected chi connectivity index (χ2v) is 3.89. The Morgan fingerprint density at radius 1 is 1.40 bits per heavy atom. The number of nitrogens with zero attached hydrogens (tertiary/aromatic N) is 2. The van der Waals surface area contributed by atoms with Gasteiger partial charge in [-0.05, 0) is 24.4 Å². The Labute approximate surface area is 92.7 Å². The molecule has 0 saturated carbocycles. The summed E-state index contributed by atoms with van der Waals surface area (Å²) in [6, 6.07) is 7.77. The third-order valence-electron chi connectivity index (χ3n) is 2.23. The maximum absolute atomic E-state index is 7.93. The summed E-state index contributed by atoms with van der Waals surface area (Å²) >= 11 is 5.19. The maximum atomic E-state index is 7.93. The first kappa shape index (κ1) is 9.92. The molecule has 1 heterocycles. The highest BCUT2D eigenvalue weighted by molar-refractivity contribution is 7.71. The van der Waals surface area contributed by atoms with Gasteiger partial charge in [0.1, 0.15) is 0 Å². The second kappa shape index (κ2) is 3.51. The molecule has 5 heteroatoms. The fourth-order valence-corrected chi connectivity index (χ4v) is 1.76. The van der Waals surface area contributed by atoms with E-state index < -0.39 is 0 Å². The lowest BCUT2D eigenvalue weighted by atomic mass is 10.3. The molecule has 0 fully saturated rings.